The van der Waals surface area contributed by atoms with Gasteiger partial charge in [0, 0.05) is 33.5 Å². The van der Waals surface area contributed by atoms with Crippen LogP contribution >= 0.6 is 0 Å². The van der Waals surface area contributed by atoms with Gasteiger partial charge in [0.05, 0.1) is 11.0 Å². The standard InChI is InChI=1S/C66H44N2/c1-3-15-45(16-4-1)49-19-13-20-50(41-49)46-31-36-56(37-32-46)67(57-38-33-47(34-39-57)51-35-40-60-53(42-51)30-29-48-17-7-9-25-59(48)60)58-24-14-21-54(43-58)65-61-26-10-8-18-52(61)44-64-66(65)62-27-11-12-28-63(62)68(64)55-22-5-2-6-23-55/h1-44H. The van der Waals surface area contributed by atoms with E-state index in [0.29, 0.717) is 0 Å². The van der Waals surface area contributed by atoms with Crippen LogP contribution < -0.4 is 4.90 Å². The van der Waals surface area contributed by atoms with Gasteiger partial charge in [-0.05, 0) is 150 Å². The van der Waals surface area contributed by atoms with Crippen molar-refractivity contribution in [2.75, 3.05) is 4.90 Å². The van der Waals surface area contributed by atoms with E-state index in [1.165, 1.54) is 98.6 Å². The zero-order valence-corrected chi connectivity index (χ0v) is 37.3. The fraction of sp³-hybridized carbons (Fsp3) is 0. The molecule has 0 amide bonds. The van der Waals surface area contributed by atoms with Gasteiger partial charge in [-0.15, -0.1) is 0 Å². The van der Waals surface area contributed by atoms with Crippen molar-refractivity contribution in [1.29, 1.82) is 0 Å². The van der Waals surface area contributed by atoms with Crippen LogP contribution in [-0.4, -0.2) is 4.57 Å². The maximum Gasteiger partial charge on any atom is 0.0553 e. The number of nitrogens with zero attached hydrogens (tertiary/aromatic N) is 2. The second-order valence-corrected chi connectivity index (χ2v) is 17.7. The predicted molar refractivity (Wildman–Crippen MR) is 290 cm³/mol. The van der Waals surface area contributed by atoms with E-state index in [2.05, 4.69) is 276 Å². The summed E-state index contributed by atoms with van der Waals surface area (Å²) in [5, 5.41) is 9.99. The molecule has 0 N–H and O–H groups in total. The van der Waals surface area contributed by atoms with Crippen LogP contribution in [0, 0.1) is 0 Å². The van der Waals surface area contributed by atoms with E-state index in [1.807, 2.05) is 0 Å². The number of benzene rings is 12. The Kier molecular flexibility index (Phi) is 9.54. The minimum absolute atomic E-state index is 1.08. The largest absolute Gasteiger partial charge is 0.310 e. The maximum absolute atomic E-state index is 2.42. The van der Waals surface area contributed by atoms with Gasteiger partial charge in [0.2, 0.25) is 0 Å². The lowest BCUT2D eigenvalue weighted by molar-refractivity contribution is 1.18. The average molecular weight is 865 g/mol. The van der Waals surface area contributed by atoms with Crippen molar-refractivity contribution in [2.24, 2.45) is 0 Å². The molecule has 0 unspecified atom stereocenters. The molecule has 0 saturated heterocycles. The van der Waals surface area contributed by atoms with Gasteiger partial charge in [0.25, 0.3) is 0 Å². The van der Waals surface area contributed by atoms with Crippen molar-refractivity contribution in [2.45, 2.75) is 0 Å². The minimum Gasteiger partial charge on any atom is -0.310 e. The molecular formula is C66H44N2. The smallest absolute Gasteiger partial charge is 0.0553 e. The summed E-state index contributed by atoms with van der Waals surface area (Å²) in [7, 11) is 0. The van der Waals surface area contributed by atoms with Crippen LogP contribution in [0.5, 0.6) is 0 Å². The molecule has 0 aliphatic carbocycles. The summed E-state index contributed by atoms with van der Waals surface area (Å²) in [5.41, 5.74) is 16.3. The van der Waals surface area contributed by atoms with Crippen LogP contribution in [0.3, 0.4) is 0 Å². The molecule has 12 aromatic carbocycles. The number of aromatic nitrogens is 1. The SMILES string of the molecule is c1ccc(-c2cccc(-c3ccc(N(c4ccc(-c5ccc6c(ccc7ccccc76)c5)cc4)c4cccc(-c5c6ccccc6cc6c5c5ccccc5n6-c5ccccc5)c4)cc3)c2)cc1. The van der Waals surface area contributed by atoms with Crippen molar-refractivity contribution in [3.8, 4) is 50.2 Å². The lowest BCUT2D eigenvalue weighted by atomic mass is 9.92. The van der Waals surface area contributed by atoms with Crippen LogP contribution in [0.4, 0.5) is 17.1 Å². The third kappa shape index (κ3) is 6.82. The monoisotopic (exact) mass is 864 g/mol. The molecule has 0 spiro atoms. The first-order valence-corrected chi connectivity index (χ1v) is 23.4. The highest BCUT2D eigenvalue weighted by atomic mass is 15.1. The molecule has 1 aromatic heterocycles. The first-order chi connectivity index (χ1) is 33.7. The summed E-state index contributed by atoms with van der Waals surface area (Å²) < 4.78 is 2.42. The summed E-state index contributed by atoms with van der Waals surface area (Å²) >= 11 is 0. The van der Waals surface area contributed by atoms with Crippen LogP contribution in [0.1, 0.15) is 0 Å². The number of para-hydroxylation sites is 2. The minimum atomic E-state index is 1.08. The predicted octanol–water partition coefficient (Wildman–Crippen LogP) is 18.4. The Labute approximate surface area is 395 Å². The van der Waals surface area contributed by atoms with Gasteiger partial charge in [-0.2, -0.15) is 0 Å². The maximum atomic E-state index is 2.42. The highest BCUT2D eigenvalue weighted by Crippen LogP contribution is 2.45. The molecule has 0 aliphatic rings. The van der Waals surface area contributed by atoms with E-state index >= 15 is 0 Å². The van der Waals surface area contributed by atoms with E-state index in [0.717, 1.165) is 22.7 Å². The van der Waals surface area contributed by atoms with Crippen LogP contribution in [-0.2, 0) is 0 Å². The Morgan fingerprint density at radius 1 is 0.250 bits per heavy atom. The molecule has 0 radical (unpaired) electrons. The molecular weight excluding hydrogens is 821 g/mol. The van der Waals surface area contributed by atoms with E-state index in [4.69, 9.17) is 0 Å². The number of hydrogen-bond acceptors (Lipinski definition) is 1. The Bertz CT molecular complexity index is 4000. The van der Waals surface area contributed by atoms with Crippen molar-refractivity contribution >= 4 is 71.2 Å². The highest BCUT2D eigenvalue weighted by Gasteiger charge is 2.21. The molecule has 318 valence electrons. The third-order valence-corrected chi connectivity index (χ3v) is 13.7. The average Bonchev–Trinajstić information content (AvgIpc) is 3.74. The summed E-state index contributed by atoms with van der Waals surface area (Å²) in [6.07, 6.45) is 0. The molecule has 2 heteroatoms. The molecule has 0 bridgehead atoms. The first-order valence-electron chi connectivity index (χ1n) is 23.4. The summed E-state index contributed by atoms with van der Waals surface area (Å²) in [6.45, 7) is 0. The van der Waals surface area contributed by atoms with Gasteiger partial charge in [-0.3, -0.25) is 0 Å². The zero-order valence-electron chi connectivity index (χ0n) is 37.3. The van der Waals surface area contributed by atoms with E-state index in [9.17, 15) is 0 Å². The quantitative estimate of drug-likeness (QED) is 0.138. The molecule has 0 saturated carbocycles. The molecule has 0 fully saturated rings. The van der Waals surface area contributed by atoms with Crippen molar-refractivity contribution < 1.29 is 0 Å². The van der Waals surface area contributed by atoms with Crippen molar-refractivity contribution in [3.63, 3.8) is 0 Å². The van der Waals surface area contributed by atoms with Gasteiger partial charge in [-0.1, -0.05) is 194 Å². The van der Waals surface area contributed by atoms with Gasteiger partial charge >= 0.3 is 0 Å². The topological polar surface area (TPSA) is 8.17 Å². The number of anilines is 3. The van der Waals surface area contributed by atoms with Crippen LogP contribution in [0.2, 0.25) is 0 Å². The van der Waals surface area contributed by atoms with Crippen LogP contribution in [0.15, 0.2) is 267 Å². The van der Waals surface area contributed by atoms with E-state index < -0.39 is 0 Å². The Morgan fingerprint density at radius 3 is 1.49 bits per heavy atom. The number of rotatable bonds is 8. The molecule has 68 heavy (non-hydrogen) atoms. The fourth-order valence-electron chi connectivity index (χ4n) is 10.5. The lowest BCUT2D eigenvalue weighted by Gasteiger charge is -2.27. The third-order valence-electron chi connectivity index (χ3n) is 13.7. The highest BCUT2D eigenvalue weighted by molar-refractivity contribution is 6.23. The summed E-state index contributed by atoms with van der Waals surface area (Å²) in [5.74, 6) is 0. The first kappa shape index (κ1) is 39.4. The summed E-state index contributed by atoms with van der Waals surface area (Å²) in [4.78, 5) is 2.40. The second-order valence-electron chi connectivity index (χ2n) is 17.7. The second kappa shape index (κ2) is 16.5. The molecule has 13 aromatic rings. The van der Waals surface area contributed by atoms with Gasteiger partial charge in [0.1, 0.15) is 0 Å². The van der Waals surface area contributed by atoms with Gasteiger partial charge in [0.15, 0.2) is 0 Å². The van der Waals surface area contributed by atoms with E-state index in [-0.39, 0.29) is 0 Å². The zero-order chi connectivity index (χ0) is 45.0. The lowest BCUT2D eigenvalue weighted by Crippen LogP contribution is -2.10. The molecule has 0 aliphatic heterocycles. The molecule has 2 nitrogen and oxygen atoms in total. The Balaban J connectivity index is 0.962. The molecule has 1 heterocycles. The van der Waals surface area contributed by atoms with Crippen LogP contribution in [0.25, 0.3) is 104 Å². The fourth-order valence-corrected chi connectivity index (χ4v) is 10.5. The van der Waals surface area contributed by atoms with Crippen molar-refractivity contribution in [1.82, 2.24) is 4.57 Å². The Morgan fingerprint density at radius 2 is 0.750 bits per heavy atom. The summed E-state index contributed by atoms with van der Waals surface area (Å²) in [6, 6.07) is 97.5. The normalized spacial score (nSPS) is 11.5. The number of fused-ring (bicyclic) bond motifs is 7. The van der Waals surface area contributed by atoms with Gasteiger partial charge in [-0.25, -0.2) is 0 Å². The van der Waals surface area contributed by atoms with Crippen molar-refractivity contribution in [3.05, 3.63) is 267 Å². The van der Waals surface area contributed by atoms with Gasteiger partial charge < -0.3 is 9.47 Å². The molecule has 13 rings (SSSR count). The Hall–Kier alpha value is -8.98. The number of hydrogen-bond donors (Lipinski definition) is 0. The van der Waals surface area contributed by atoms with E-state index in [1.54, 1.807) is 0 Å². The molecule has 0 atom stereocenters.